The molecule has 1 heterocycles. The van der Waals surface area contributed by atoms with Crippen molar-refractivity contribution in [2.75, 3.05) is 0 Å². The molecule has 1 aliphatic carbocycles. The zero-order chi connectivity index (χ0) is 17.7. The molecular weight excluding hydrogens is 302 g/mol. The summed E-state index contributed by atoms with van der Waals surface area (Å²) in [6.45, 7) is 4.61. The van der Waals surface area contributed by atoms with E-state index in [4.69, 9.17) is 4.98 Å². The maximum absolute atomic E-state index is 5.23. The predicted molar refractivity (Wildman–Crippen MR) is 110 cm³/mol. The summed E-state index contributed by atoms with van der Waals surface area (Å²) >= 11 is 0. The molecule has 1 aromatic rings. The molecule has 142 valence electrons. The lowest BCUT2D eigenvalue weighted by atomic mass is 9.90. The smallest absolute Gasteiger partial charge is 0.0438 e. The number of nitrogens with zero attached hydrogens (tertiary/aromatic N) is 1. The fourth-order valence-electron chi connectivity index (χ4n) is 4.26. The van der Waals surface area contributed by atoms with Crippen molar-refractivity contribution in [3.63, 3.8) is 0 Å². The molecule has 1 unspecified atom stereocenters. The molecule has 0 saturated carbocycles. The van der Waals surface area contributed by atoms with E-state index in [2.05, 4.69) is 26.0 Å². The molecule has 0 radical (unpaired) electrons. The third kappa shape index (κ3) is 7.50. The third-order valence-corrected chi connectivity index (χ3v) is 5.93. The van der Waals surface area contributed by atoms with E-state index in [0.29, 0.717) is 5.92 Å². The molecule has 1 aliphatic rings. The van der Waals surface area contributed by atoms with Gasteiger partial charge in [-0.15, -0.1) is 0 Å². The van der Waals surface area contributed by atoms with Gasteiger partial charge in [0.15, 0.2) is 0 Å². The number of fused-ring (bicyclic) bond motifs is 1. The molecular formula is C24H41N. The van der Waals surface area contributed by atoms with Crippen LogP contribution in [0.25, 0.3) is 0 Å². The summed E-state index contributed by atoms with van der Waals surface area (Å²) in [4.78, 5) is 5.23. The van der Waals surface area contributed by atoms with Crippen molar-refractivity contribution in [2.24, 2.45) is 0 Å². The van der Waals surface area contributed by atoms with Crippen molar-refractivity contribution in [1.29, 1.82) is 0 Å². The summed E-state index contributed by atoms with van der Waals surface area (Å²) in [5.74, 6) is 0.696. The summed E-state index contributed by atoms with van der Waals surface area (Å²) in [5.41, 5.74) is 4.39. The molecule has 0 saturated heterocycles. The van der Waals surface area contributed by atoms with Gasteiger partial charge in [0.1, 0.15) is 0 Å². The maximum atomic E-state index is 5.23. The van der Waals surface area contributed by atoms with E-state index < -0.39 is 0 Å². The van der Waals surface area contributed by atoms with E-state index in [1.165, 1.54) is 114 Å². The summed E-state index contributed by atoms with van der Waals surface area (Å²) in [7, 11) is 0. The molecule has 0 bridgehead atoms. The van der Waals surface area contributed by atoms with E-state index in [1.807, 2.05) is 0 Å². The molecule has 1 heteroatoms. The number of rotatable bonds is 10. The van der Waals surface area contributed by atoms with E-state index >= 15 is 0 Å². The molecule has 0 aliphatic heterocycles. The van der Waals surface area contributed by atoms with Crippen LogP contribution in [0.3, 0.4) is 0 Å². The molecule has 1 nitrogen and oxygen atoms in total. The molecule has 0 fully saturated rings. The van der Waals surface area contributed by atoms with Gasteiger partial charge in [0.2, 0.25) is 0 Å². The number of aryl methyl sites for hydroxylation is 2. The van der Waals surface area contributed by atoms with Crippen molar-refractivity contribution in [1.82, 2.24) is 4.98 Å². The van der Waals surface area contributed by atoms with Crippen molar-refractivity contribution in [3.05, 3.63) is 29.1 Å². The first-order chi connectivity index (χ1) is 12.3. The topological polar surface area (TPSA) is 12.9 Å². The number of unbranched alkanes of at least 4 members (excludes halogenated alkanes) is 5. The van der Waals surface area contributed by atoms with Gasteiger partial charge >= 0.3 is 0 Å². The van der Waals surface area contributed by atoms with Gasteiger partial charge in [-0.3, -0.25) is 4.98 Å². The Kier molecular flexibility index (Phi) is 10.2. The molecule has 2 rings (SSSR count). The lowest BCUT2D eigenvalue weighted by molar-refractivity contribution is 0.491. The van der Waals surface area contributed by atoms with Crippen LogP contribution in [0.5, 0.6) is 0 Å². The van der Waals surface area contributed by atoms with Gasteiger partial charge in [-0.2, -0.15) is 0 Å². The van der Waals surface area contributed by atoms with Crippen molar-refractivity contribution < 1.29 is 0 Å². The Hall–Kier alpha value is -0.850. The van der Waals surface area contributed by atoms with E-state index in [1.54, 1.807) is 5.56 Å². The first-order valence-electron chi connectivity index (χ1n) is 11.3. The molecule has 25 heavy (non-hydrogen) atoms. The molecule has 0 spiro atoms. The van der Waals surface area contributed by atoms with E-state index in [-0.39, 0.29) is 0 Å². The molecule has 0 N–H and O–H groups in total. The Bertz CT molecular complexity index is 465. The zero-order valence-electron chi connectivity index (χ0n) is 17.0. The van der Waals surface area contributed by atoms with E-state index in [9.17, 15) is 0 Å². The number of hydrogen-bond donors (Lipinski definition) is 0. The fourth-order valence-corrected chi connectivity index (χ4v) is 4.26. The third-order valence-electron chi connectivity index (χ3n) is 5.93. The van der Waals surface area contributed by atoms with Crippen LogP contribution in [0, 0.1) is 0 Å². The van der Waals surface area contributed by atoms with E-state index in [0.717, 1.165) is 0 Å². The van der Waals surface area contributed by atoms with Gasteiger partial charge in [0.05, 0.1) is 0 Å². The summed E-state index contributed by atoms with van der Waals surface area (Å²) in [5, 5.41) is 0. The SMILES string of the molecule is CCCCCCC(CCCCC)c1ccc2c(n1)CCCCCCC2. The van der Waals surface area contributed by atoms with Crippen molar-refractivity contribution in [3.8, 4) is 0 Å². The first-order valence-corrected chi connectivity index (χ1v) is 11.3. The highest BCUT2D eigenvalue weighted by molar-refractivity contribution is 5.25. The maximum Gasteiger partial charge on any atom is 0.0438 e. The van der Waals surface area contributed by atoms with Gasteiger partial charge in [-0.05, 0) is 50.2 Å². The normalized spacial score (nSPS) is 16.6. The standard InChI is InChI=1S/C24H41N/c1-3-5-7-12-16-21(15-11-6-4-2)24-20-19-22-17-13-9-8-10-14-18-23(22)25-24/h19-21H,3-18H2,1-2H3. The summed E-state index contributed by atoms with van der Waals surface area (Å²) < 4.78 is 0. The Morgan fingerprint density at radius 3 is 2.16 bits per heavy atom. The largest absolute Gasteiger partial charge is 0.257 e. The van der Waals surface area contributed by atoms with Crippen LogP contribution in [-0.2, 0) is 12.8 Å². The van der Waals surface area contributed by atoms with Crippen LogP contribution in [0.1, 0.15) is 127 Å². The molecule has 1 atom stereocenters. The van der Waals surface area contributed by atoms with Gasteiger partial charge in [-0.1, -0.05) is 84.1 Å². The van der Waals surface area contributed by atoms with Crippen molar-refractivity contribution >= 4 is 0 Å². The van der Waals surface area contributed by atoms with Gasteiger partial charge < -0.3 is 0 Å². The minimum atomic E-state index is 0.696. The monoisotopic (exact) mass is 343 g/mol. The minimum absolute atomic E-state index is 0.696. The Labute approximate surface area is 157 Å². The quantitative estimate of drug-likeness (QED) is 0.395. The Morgan fingerprint density at radius 2 is 1.40 bits per heavy atom. The van der Waals surface area contributed by atoms with Crippen LogP contribution >= 0.6 is 0 Å². The van der Waals surface area contributed by atoms with Crippen LogP contribution in [0.15, 0.2) is 12.1 Å². The Balaban J connectivity index is 2.05. The Morgan fingerprint density at radius 1 is 0.760 bits per heavy atom. The van der Waals surface area contributed by atoms with Gasteiger partial charge in [-0.25, -0.2) is 0 Å². The highest BCUT2D eigenvalue weighted by atomic mass is 14.7. The summed E-state index contributed by atoms with van der Waals surface area (Å²) in [6, 6.07) is 4.81. The average Bonchev–Trinajstić information content (AvgIpc) is 2.75. The predicted octanol–water partition coefficient (Wildman–Crippen LogP) is 7.77. The highest BCUT2D eigenvalue weighted by Crippen LogP contribution is 2.29. The molecule has 0 aromatic carbocycles. The lowest BCUT2D eigenvalue weighted by Crippen LogP contribution is -2.07. The van der Waals surface area contributed by atoms with Crippen LogP contribution < -0.4 is 0 Å². The molecule has 1 aromatic heterocycles. The molecule has 0 amide bonds. The highest BCUT2D eigenvalue weighted by Gasteiger charge is 2.15. The van der Waals surface area contributed by atoms with Gasteiger partial charge in [0.25, 0.3) is 0 Å². The number of hydrogen-bond acceptors (Lipinski definition) is 1. The number of pyridine rings is 1. The number of aromatic nitrogens is 1. The lowest BCUT2D eigenvalue weighted by Gasteiger charge is -2.19. The first kappa shape index (κ1) is 20.5. The second kappa shape index (κ2) is 12.5. The fraction of sp³-hybridized carbons (Fsp3) is 0.792. The second-order valence-electron chi connectivity index (χ2n) is 8.15. The minimum Gasteiger partial charge on any atom is -0.257 e. The average molecular weight is 344 g/mol. The second-order valence-corrected chi connectivity index (χ2v) is 8.15. The van der Waals surface area contributed by atoms with Crippen LogP contribution in [-0.4, -0.2) is 4.98 Å². The van der Waals surface area contributed by atoms with Crippen LogP contribution in [0.2, 0.25) is 0 Å². The van der Waals surface area contributed by atoms with Gasteiger partial charge in [0, 0.05) is 17.3 Å². The van der Waals surface area contributed by atoms with Crippen molar-refractivity contribution in [2.45, 2.75) is 122 Å². The zero-order valence-corrected chi connectivity index (χ0v) is 17.0. The van der Waals surface area contributed by atoms with Crippen LogP contribution in [0.4, 0.5) is 0 Å². The summed E-state index contributed by atoms with van der Waals surface area (Å²) in [6.07, 6.45) is 21.6.